The maximum atomic E-state index is 9.96. The maximum absolute atomic E-state index is 9.96. The van der Waals surface area contributed by atoms with Gasteiger partial charge in [0.05, 0.1) is 0 Å². The van der Waals surface area contributed by atoms with Crippen LogP contribution in [0.4, 0.5) is 0 Å². The monoisotopic (exact) mass is 254 g/mol. The molecule has 2 aromatic rings. The van der Waals surface area contributed by atoms with Gasteiger partial charge in [-0.05, 0) is 48.1 Å². The highest BCUT2D eigenvalue weighted by Crippen LogP contribution is 2.32. The van der Waals surface area contributed by atoms with Gasteiger partial charge in [-0.1, -0.05) is 56.2 Å². The maximum Gasteiger partial charge on any atom is 0.116 e. The van der Waals surface area contributed by atoms with Crippen LogP contribution in [0, 0.1) is 13.8 Å². The fourth-order valence-corrected chi connectivity index (χ4v) is 2.35. The molecular formula is C18H22O. The summed E-state index contributed by atoms with van der Waals surface area (Å²) >= 11 is 0. The van der Waals surface area contributed by atoms with Crippen molar-refractivity contribution < 1.29 is 5.11 Å². The van der Waals surface area contributed by atoms with Gasteiger partial charge in [0.15, 0.2) is 0 Å². The summed E-state index contributed by atoms with van der Waals surface area (Å²) in [6.07, 6.45) is 0. The molecule has 1 N–H and O–H groups in total. The lowest BCUT2D eigenvalue weighted by molar-refractivity contribution is 0.471. The Morgan fingerprint density at radius 1 is 0.737 bits per heavy atom. The molecule has 0 heterocycles. The predicted molar refractivity (Wildman–Crippen MR) is 81.7 cm³/mol. The average Bonchev–Trinajstić information content (AvgIpc) is 2.25. The van der Waals surface area contributed by atoms with Crippen LogP contribution in [0.2, 0.25) is 0 Å². The Kier molecular flexibility index (Phi) is 3.40. The zero-order chi connectivity index (χ0) is 14.2. The van der Waals surface area contributed by atoms with E-state index in [1.807, 2.05) is 12.1 Å². The highest BCUT2D eigenvalue weighted by Gasteiger charge is 2.15. The van der Waals surface area contributed by atoms with Crippen LogP contribution in [-0.4, -0.2) is 5.11 Å². The molecule has 0 saturated heterocycles. The Labute approximate surface area is 115 Å². The third-order valence-corrected chi connectivity index (χ3v) is 3.34. The minimum Gasteiger partial charge on any atom is -0.508 e. The average molecular weight is 254 g/mol. The summed E-state index contributed by atoms with van der Waals surface area (Å²) < 4.78 is 0. The number of aryl methyl sites for hydroxylation is 2. The van der Waals surface area contributed by atoms with E-state index >= 15 is 0 Å². The second-order valence-corrected chi connectivity index (χ2v) is 6.39. The van der Waals surface area contributed by atoms with E-state index in [1.54, 1.807) is 0 Å². The minimum absolute atomic E-state index is 0.0341. The standard InChI is InChI=1S/C18H22O/c1-12-6-13(2)8-14(7-12)15-9-16(18(3,4)5)11-17(19)10-15/h6-11,19H,1-5H3. The zero-order valence-electron chi connectivity index (χ0n) is 12.4. The molecule has 0 fully saturated rings. The zero-order valence-corrected chi connectivity index (χ0v) is 12.4. The van der Waals surface area contributed by atoms with E-state index in [-0.39, 0.29) is 5.41 Å². The Balaban J connectivity index is 2.59. The Morgan fingerprint density at radius 3 is 1.79 bits per heavy atom. The second kappa shape index (κ2) is 4.73. The Bertz CT molecular complexity index is 583. The summed E-state index contributed by atoms with van der Waals surface area (Å²) in [5.41, 5.74) is 5.93. The smallest absolute Gasteiger partial charge is 0.116 e. The number of phenols is 1. The molecule has 2 aromatic carbocycles. The topological polar surface area (TPSA) is 20.2 Å². The predicted octanol–water partition coefficient (Wildman–Crippen LogP) is 4.97. The van der Waals surface area contributed by atoms with Crippen LogP contribution in [-0.2, 0) is 5.41 Å². The van der Waals surface area contributed by atoms with Gasteiger partial charge in [0, 0.05) is 0 Å². The van der Waals surface area contributed by atoms with E-state index in [1.165, 1.54) is 16.7 Å². The summed E-state index contributed by atoms with van der Waals surface area (Å²) in [5.74, 6) is 0.335. The lowest BCUT2D eigenvalue weighted by Crippen LogP contribution is -2.10. The largest absolute Gasteiger partial charge is 0.508 e. The summed E-state index contributed by atoms with van der Waals surface area (Å²) in [5, 5.41) is 9.96. The van der Waals surface area contributed by atoms with Crippen molar-refractivity contribution in [2.45, 2.75) is 40.0 Å². The highest BCUT2D eigenvalue weighted by atomic mass is 16.3. The normalized spacial score (nSPS) is 11.6. The van der Waals surface area contributed by atoms with Gasteiger partial charge in [-0.15, -0.1) is 0 Å². The molecule has 0 bridgehead atoms. The molecule has 0 amide bonds. The van der Waals surface area contributed by atoms with Gasteiger partial charge in [0.2, 0.25) is 0 Å². The lowest BCUT2D eigenvalue weighted by atomic mass is 9.85. The molecule has 0 aliphatic carbocycles. The van der Waals surface area contributed by atoms with E-state index < -0.39 is 0 Å². The van der Waals surface area contributed by atoms with Crippen LogP contribution in [0.25, 0.3) is 11.1 Å². The molecule has 0 aliphatic heterocycles. The summed E-state index contributed by atoms with van der Waals surface area (Å²) in [7, 11) is 0. The molecule has 2 rings (SSSR count). The van der Waals surface area contributed by atoms with Crippen molar-refractivity contribution in [3.63, 3.8) is 0 Å². The molecule has 0 unspecified atom stereocenters. The SMILES string of the molecule is Cc1cc(C)cc(-c2cc(O)cc(C(C)(C)C)c2)c1. The van der Waals surface area contributed by atoms with Gasteiger partial charge in [-0.3, -0.25) is 0 Å². The van der Waals surface area contributed by atoms with Crippen LogP contribution < -0.4 is 0 Å². The van der Waals surface area contributed by atoms with Crippen molar-refractivity contribution >= 4 is 0 Å². The third kappa shape index (κ3) is 3.17. The van der Waals surface area contributed by atoms with Crippen LogP contribution in [0.1, 0.15) is 37.5 Å². The highest BCUT2D eigenvalue weighted by molar-refractivity contribution is 5.68. The fraction of sp³-hybridized carbons (Fsp3) is 0.333. The first-order valence-electron chi connectivity index (χ1n) is 6.69. The second-order valence-electron chi connectivity index (χ2n) is 6.39. The molecule has 1 heteroatoms. The van der Waals surface area contributed by atoms with E-state index in [9.17, 15) is 5.11 Å². The Hall–Kier alpha value is -1.76. The van der Waals surface area contributed by atoms with E-state index in [2.05, 4.69) is 58.9 Å². The number of hydrogen-bond acceptors (Lipinski definition) is 1. The molecule has 0 atom stereocenters. The molecule has 0 radical (unpaired) electrons. The van der Waals surface area contributed by atoms with Crippen molar-refractivity contribution in [2.24, 2.45) is 0 Å². The van der Waals surface area contributed by atoms with Gasteiger partial charge in [0.1, 0.15) is 5.75 Å². The van der Waals surface area contributed by atoms with Gasteiger partial charge in [-0.25, -0.2) is 0 Å². The summed E-state index contributed by atoms with van der Waals surface area (Å²) in [4.78, 5) is 0. The van der Waals surface area contributed by atoms with Gasteiger partial charge in [-0.2, -0.15) is 0 Å². The quantitative estimate of drug-likeness (QED) is 0.761. The Morgan fingerprint density at radius 2 is 1.26 bits per heavy atom. The van der Waals surface area contributed by atoms with Crippen LogP contribution in [0.15, 0.2) is 36.4 Å². The third-order valence-electron chi connectivity index (χ3n) is 3.34. The molecule has 100 valence electrons. The molecule has 1 nitrogen and oxygen atoms in total. The van der Waals surface area contributed by atoms with Gasteiger partial charge in [0.25, 0.3) is 0 Å². The van der Waals surface area contributed by atoms with Crippen LogP contribution in [0.3, 0.4) is 0 Å². The van der Waals surface area contributed by atoms with E-state index in [0.717, 1.165) is 11.1 Å². The van der Waals surface area contributed by atoms with Crippen molar-refractivity contribution in [3.8, 4) is 16.9 Å². The van der Waals surface area contributed by atoms with Crippen molar-refractivity contribution in [1.82, 2.24) is 0 Å². The molecule has 0 aromatic heterocycles. The molecule has 0 aliphatic rings. The number of aromatic hydroxyl groups is 1. The molecule has 0 saturated carbocycles. The minimum atomic E-state index is 0.0341. The number of hydrogen-bond donors (Lipinski definition) is 1. The van der Waals surface area contributed by atoms with Crippen LogP contribution in [0.5, 0.6) is 5.75 Å². The lowest BCUT2D eigenvalue weighted by Gasteiger charge is -2.20. The van der Waals surface area contributed by atoms with E-state index in [0.29, 0.717) is 5.75 Å². The van der Waals surface area contributed by atoms with Crippen molar-refractivity contribution in [1.29, 1.82) is 0 Å². The van der Waals surface area contributed by atoms with E-state index in [4.69, 9.17) is 0 Å². The fourth-order valence-electron chi connectivity index (χ4n) is 2.35. The number of rotatable bonds is 1. The first-order chi connectivity index (χ1) is 8.75. The first kappa shape index (κ1) is 13.7. The van der Waals surface area contributed by atoms with Crippen molar-refractivity contribution in [3.05, 3.63) is 53.1 Å². The van der Waals surface area contributed by atoms with Gasteiger partial charge < -0.3 is 5.11 Å². The summed E-state index contributed by atoms with van der Waals surface area (Å²) in [6.45, 7) is 10.7. The van der Waals surface area contributed by atoms with Crippen molar-refractivity contribution in [2.75, 3.05) is 0 Å². The first-order valence-corrected chi connectivity index (χ1v) is 6.69. The molecule has 0 spiro atoms. The van der Waals surface area contributed by atoms with Crippen LogP contribution >= 0.6 is 0 Å². The van der Waals surface area contributed by atoms with Gasteiger partial charge >= 0.3 is 0 Å². The number of benzene rings is 2. The summed E-state index contributed by atoms with van der Waals surface area (Å²) in [6, 6.07) is 12.4. The molecule has 19 heavy (non-hydrogen) atoms. The molecular weight excluding hydrogens is 232 g/mol. The number of phenolic OH excluding ortho intramolecular Hbond substituents is 1.